The van der Waals surface area contributed by atoms with Crippen molar-refractivity contribution in [2.75, 3.05) is 47.4 Å². The van der Waals surface area contributed by atoms with Gasteiger partial charge in [-0.05, 0) is 44.3 Å². The minimum absolute atomic E-state index is 0.0469. The molecule has 2 aromatic rings. The number of aliphatic hydroxyl groups is 1. The van der Waals surface area contributed by atoms with Gasteiger partial charge in [-0.2, -0.15) is 4.31 Å². The van der Waals surface area contributed by atoms with Gasteiger partial charge in [0, 0.05) is 25.6 Å². The summed E-state index contributed by atoms with van der Waals surface area (Å²) in [6.07, 6.45) is -0.440. The van der Waals surface area contributed by atoms with E-state index in [1.54, 1.807) is 42.0 Å². The van der Waals surface area contributed by atoms with E-state index >= 15 is 0 Å². The molecule has 1 aliphatic rings. The Balaban J connectivity index is 2.06. The summed E-state index contributed by atoms with van der Waals surface area (Å²) in [5.74, 6) is -0.0252. The largest absolute Gasteiger partial charge is 0.487 e. The van der Waals surface area contributed by atoms with E-state index in [2.05, 4.69) is 0 Å². The van der Waals surface area contributed by atoms with Crippen LogP contribution in [-0.2, 0) is 14.8 Å². The van der Waals surface area contributed by atoms with Crippen LogP contribution in [-0.4, -0.2) is 93.1 Å². The van der Waals surface area contributed by atoms with Crippen molar-refractivity contribution in [2.24, 2.45) is 5.92 Å². The Labute approximate surface area is 202 Å². The van der Waals surface area contributed by atoms with Crippen molar-refractivity contribution in [1.82, 2.24) is 14.1 Å². The second-order valence-electron chi connectivity index (χ2n) is 9.28. The molecule has 1 heterocycles. The molecule has 0 spiro atoms. The van der Waals surface area contributed by atoms with E-state index in [0.717, 1.165) is 11.1 Å². The fourth-order valence-corrected chi connectivity index (χ4v) is 5.84. The Morgan fingerprint density at radius 1 is 1.15 bits per heavy atom. The van der Waals surface area contributed by atoms with Crippen LogP contribution in [0.2, 0.25) is 0 Å². The highest BCUT2D eigenvalue weighted by molar-refractivity contribution is 7.89. The van der Waals surface area contributed by atoms with E-state index in [9.17, 15) is 18.3 Å². The predicted octanol–water partition coefficient (Wildman–Crippen LogP) is 2.14. The van der Waals surface area contributed by atoms with Gasteiger partial charge in [-0.3, -0.25) is 4.79 Å². The van der Waals surface area contributed by atoms with E-state index in [4.69, 9.17) is 4.74 Å². The standard InChI is InChI=1S/C25H35N3O5S/c1-18-14-28(19(2)17-29)34(31,32)24-12-11-21(20-9-7-6-8-10-20)13-22(24)33-23(18)15-27(5)25(30)16-26(3)4/h6-13,18-19,23,29H,14-17H2,1-5H3/t18-,19-,23+/m1/s1. The fraction of sp³-hybridized carbons (Fsp3) is 0.480. The number of sulfonamides is 1. The monoisotopic (exact) mass is 489 g/mol. The molecule has 34 heavy (non-hydrogen) atoms. The van der Waals surface area contributed by atoms with Crippen LogP contribution >= 0.6 is 0 Å². The van der Waals surface area contributed by atoms with Crippen molar-refractivity contribution in [2.45, 2.75) is 30.9 Å². The molecule has 0 bridgehead atoms. The number of nitrogens with zero attached hydrogens (tertiary/aromatic N) is 3. The van der Waals surface area contributed by atoms with Gasteiger partial charge in [-0.1, -0.05) is 43.3 Å². The maximum atomic E-state index is 13.6. The molecular formula is C25H35N3O5S. The quantitative estimate of drug-likeness (QED) is 0.641. The molecule has 2 aromatic carbocycles. The van der Waals surface area contributed by atoms with Gasteiger partial charge in [0.2, 0.25) is 15.9 Å². The van der Waals surface area contributed by atoms with Crippen LogP contribution < -0.4 is 4.74 Å². The lowest BCUT2D eigenvalue weighted by Crippen LogP contribution is -2.50. The molecule has 3 rings (SSSR count). The number of likely N-dealkylation sites (N-methyl/N-ethyl adjacent to an activating group) is 2. The summed E-state index contributed by atoms with van der Waals surface area (Å²) in [6, 6.07) is 14.2. The number of hydrogen-bond acceptors (Lipinski definition) is 6. The van der Waals surface area contributed by atoms with E-state index in [0.29, 0.717) is 6.54 Å². The van der Waals surface area contributed by atoms with Crippen LogP contribution in [0.25, 0.3) is 11.1 Å². The molecule has 0 radical (unpaired) electrons. The van der Waals surface area contributed by atoms with Gasteiger partial charge in [-0.25, -0.2) is 8.42 Å². The zero-order chi connectivity index (χ0) is 25.0. The van der Waals surface area contributed by atoms with Gasteiger partial charge in [-0.15, -0.1) is 0 Å². The Morgan fingerprint density at radius 2 is 1.82 bits per heavy atom. The number of hydrogen-bond donors (Lipinski definition) is 1. The van der Waals surface area contributed by atoms with Crippen LogP contribution in [0.3, 0.4) is 0 Å². The first kappa shape index (κ1) is 26.2. The molecule has 1 aliphatic heterocycles. The number of carbonyl (C=O) groups excluding carboxylic acids is 1. The molecule has 3 atom stereocenters. The van der Waals surface area contributed by atoms with E-state index in [-0.39, 0.29) is 42.2 Å². The number of aliphatic hydroxyl groups excluding tert-OH is 1. The third-order valence-corrected chi connectivity index (χ3v) is 8.12. The molecule has 0 saturated heterocycles. The molecule has 0 aliphatic carbocycles. The SMILES string of the molecule is C[C@@H]1CN([C@H](C)CO)S(=O)(=O)c2ccc(-c3ccccc3)cc2O[C@H]1CN(C)C(=O)CN(C)C. The number of fused-ring (bicyclic) bond motifs is 1. The minimum Gasteiger partial charge on any atom is -0.487 e. The highest BCUT2D eigenvalue weighted by Crippen LogP contribution is 2.36. The van der Waals surface area contributed by atoms with Crippen LogP contribution in [0.5, 0.6) is 5.75 Å². The number of carbonyl (C=O) groups is 1. The highest BCUT2D eigenvalue weighted by atomic mass is 32.2. The van der Waals surface area contributed by atoms with Crippen molar-refractivity contribution in [3.05, 3.63) is 48.5 Å². The normalized spacial score (nSPS) is 21.1. The van der Waals surface area contributed by atoms with Crippen LogP contribution in [0.15, 0.2) is 53.4 Å². The second kappa shape index (κ2) is 10.9. The third-order valence-electron chi connectivity index (χ3n) is 6.11. The molecule has 186 valence electrons. The van der Waals surface area contributed by atoms with Gasteiger partial charge in [0.1, 0.15) is 16.7 Å². The van der Waals surface area contributed by atoms with Crippen molar-refractivity contribution in [3.63, 3.8) is 0 Å². The Morgan fingerprint density at radius 3 is 2.44 bits per heavy atom. The predicted molar refractivity (Wildman–Crippen MR) is 132 cm³/mol. The minimum atomic E-state index is -3.91. The lowest BCUT2D eigenvalue weighted by molar-refractivity contribution is -0.132. The summed E-state index contributed by atoms with van der Waals surface area (Å²) in [5, 5.41) is 9.78. The summed E-state index contributed by atoms with van der Waals surface area (Å²) < 4.78 is 34.9. The lowest BCUT2D eigenvalue weighted by Gasteiger charge is -2.37. The molecule has 1 amide bonds. The van der Waals surface area contributed by atoms with E-state index in [1.807, 2.05) is 51.4 Å². The maximum absolute atomic E-state index is 13.6. The van der Waals surface area contributed by atoms with Crippen LogP contribution in [0.1, 0.15) is 13.8 Å². The fourth-order valence-electron chi connectivity index (χ4n) is 4.02. The highest BCUT2D eigenvalue weighted by Gasteiger charge is 2.38. The van der Waals surface area contributed by atoms with Crippen molar-refractivity contribution in [3.8, 4) is 16.9 Å². The van der Waals surface area contributed by atoms with Crippen LogP contribution in [0.4, 0.5) is 0 Å². The van der Waals surface area contributed by atoms with Gasteiger partial charge in [0.25, 0.3) is 0 Å². The number of ether oxygens (including phenoxy) is 1. The smallest absolute Gasteiger partial charge is 0.247 e. The van der Waals surface area contributed by atoms with Gasteiger partial charge in [0.05, 0.1) is 19.7 Å². The number of amides is 1. The molecule has 0 saturated carbocycles. The first-order chi connectivity index (χ1) is 16.0. The summed E-state index contributed by atoms with van der Waals surface area (Å²) in [6.45, 7) is 4.05. The Hall–Kier alpha value is -2.46. The maximum Gasteiger partial charge on any atom is 0.247 e. The average molecular weight is 490 g/mol. The summed E-state index contributed by atoms with van der Waals surface area (Å²) >= 11 is 0. The first-order valence-corrected chi connectivity index (χ1v) is 12.9. The average Bonchev–Trinajstić information content (AvgIpc) is 2.80. The molecular weight excluding hydrogens is 454 g/mol. The van der Waals surface area contributed by atoms with Gasteiger partial charge in [0.15, 0.2) is 0 Å². The zero-order valence-electron chi connectivity index (χ0n) is 20.5. The van der Waals surface area contributed by atoms with Crippen molar-refractivity contribution >= 4 is 15.9 Å². The van der Waals surface area contributed by atoms with E-state index in [1.165, 1.54) is 4.31 Å². The number of rotatable bonds is 7. The van der Waals surface area contributed by atoms with Gasteiger partial charge >= 0.3 is 0 Å². The summed E-state index contributed by atoms with van der Waals surface area (Å²) in [5.41, 5.74) is 1.78. The summed E-state index contributed by atoms with van der Waals surface area (Å²) in [7, 11) is 1.49. The summed E-state index contributed by atoms with van der Waals surface area (Å²) in [4.78, 5) is 16.1. The van der Waals surface area contributed by atoms with E-state index < -0.39 is 22.2 Å². The lowest BCUT2D eigenvalue weighted by atomic mass is 10.0. The third kappa shape index (κ3) is 5.78. The topological polar surface area (TPSA) is 90.4 Å². The first-order valence-electron chi connectivity index (χ1n) is 11.4. The molecule has 0 unspecified atom stereocenters. The van der Waals surface area contributed by atoms with Gasteiger partial charge < -0.3 is 19.6 Å². The second-order valence-corrected chi connectivity index (χ2v) is 11.1. The molecule has 1 N–H and O–H groups in total. The van der Waals surface area contributed by atoms with Crippen molar-refractivity contribution in [1.29, 1.82) is 0 Å². The van der Waals surface area contributed by atoms with Crippen molar-refractivity contribution < 1.29 is 23.1 Å². The Bertz CT molecular complexity index is 1090. The molecule has 8 nitrogen and oxygen atoms in total. The molecule has 9 heteroatoms. The molecule has 0 fully saturated rings. The zero-order valence-corrected chi connectivity index (χ0v) is 21.3. The van der Waals surface area contributed by atoms with Crippen LogP contribution in [0, 0.1) is 5.92 Å². The molecule has 0 aromatic heterocycles. The Kier molecular flexibility index (Phi) is 8.35. The number of benzene rings is 2.